The molecule has 80 valence electrons. The highest BCUT2D eigenvalue weighted by Crippen LogP contribution is 2.21. The van der Waals surface area contributed by atoms with Crippen LogP contribution in [0.5, 0.6) is 0 Å². The number of aliphatic hydroxyl groups is 1. The van der Waals surface area contributed by atoms with E-state index in [0.29, 0.717) is 11.5 Å². The van der Waals surface area contributed by atoms with Crippen LogP contribution in [0.15, 0.2) is 30.3 Å². The Morgan fingerprint density at radius 1 is 1.40 bits per heavy atom. The van der Waals surface area contributed by atoms with E-state index in [1.165, 1.54) is 0 Å². The van der Waals surface area contributed by atoms with Crippen molar-refractivity contribution < 1.29 is 5.11 Å². The Balaban J connectivity index is 2.25. The van der Waals surface area contributed by atoms with Gasteiger partial charge < -0.3 is 10.4 Å². The minimum atomic E-state index is -0.531. The second-order valence-corrected chi connectivity index (χ2v) is 4.16. The van der Waals surface area contributed by atoms with E-state index in [9.17, 15) is 5.11 Å². The fourth-order valence-corrected chi connectivity index (χ4v) is 2.20. The van der Waals surface area contributed by atoms with Gasteiger partial charge in [-0.05, 0) is 31.3 Å². The first-order valence-corrected chi connectivity index (χ1v) is 5.42. The van der Waals surface area contributed by atoms with Gasteiger partial charge in [0.25, 0.3) is 0 Å². The predicted octanol–water partition coefficient (Wildman–Crippen LogP) is 1.48. The van der Waals surface area contributed by atoms with E-state index < -0.39 is 6.23 Å². The number of thiocarbonyl (C=S) groups is 1. The van der Waals surface area contributed by atoms with Crippen molar-refractivity contribution in [1.29, 1.82) is 0 Å². The zero-order chi connectivity index (χ0) is 10.8. The van der Waals surface area contributed by atoms with Crippen molar-refractivity contribution in [3.63, 3.8) is 0 Å². The smallest absolute Gasteiger partial charge is 0.175 e. The van der Waals surface area contributed by atoms with Gasteiger partial charge in [-0.25, -0.2) is 0 Å². The number of hydrogen-bond acceptors (Lipinski definition) is 2. The van der Waals surface area contributed by atoms with Gasteiger partial charge in [-0.3, -0.25) is 4.90 Å². The summed E-state index contributed by atoms with van der Waals surface area (Å²) in [5.41, 5.74) is 0.925. The molecule has 1 saturated heterocycles. The number of nitrogens with zero attached hydrogens (tertiary/aromatic N) is 1. The van der Waals surface area contributed by atoms with Crippen LogP contribution in [0, 0.1) is 0 Å². The number of nitrogens with one attached hydrogen (secondary N) is 1. The van der Waals surface area contributed by atoms with Crippen molar-refractivity contribution in [3.8, 4) is 0 Å². The number of rotatable bonds is 1. The molecule has 0 spiro atoms. The zero-order valence-corrected chi connectivity index (χ0v) is 9.37. The third kappa shape index (κ3) is 2.11. The van der Waals surface area contributed by atoms with Crippen molar-refractivity contribution >= 4 is 23.0 Å². The third-order valence-electron chi connectivity index (χ3n) is 2.49. The second kappa shape index (κ2) is 4.16. The molecule has 2 atom stereocenters. The van der Waals surface area contributed by atoms with Crippen LogP contribution in [0.1, 0.15) is 13.3 Å². The summed E-state index contributed by atoms with van der Waals surface area (Å²) >= 11 is 5.22. The van der Waals surface area contributed by atoms with Crippen LogP contribution in [0.25, 0.3) is 0 Å². The van der Waals surface area contributed by atoms with Gasteiger partial charge in [-0.2, -0.15) is 0 Å². The standard InChI is InChI=1S/C11H14N2OS/c1-8-7-10(14)13(11(15)12-8)9-5-3-2-4-6-9/h2-6,8,10,14H,7H2,1H3,(H,12,15)/t8-,10-/m1/s1. The first-order chi connectivity index (χ1) is 7.18. The lowest BCUT2D eigenvalue weighted by Crippen LogP contribution is -2.56. The molecule has 0 aliphatic carbocycles. The molecule has 0 saturated carbocycles. The zero-order valence-electron chi connectivity index (χ0n) is 8.55. The molecule has 1 aromatic rings. The SMILES string of the molecule is C[C@@H]1C[C@@H](O)N(c2ccccc2)C(=S)N1. The van der Waals surface area contributed by atoms with E-state index in [-0.39, 0.29) is 6.04 Å². The molecule has 15 heavy (non-hydrogen) atoms. The monoisotopic (exact) mass is 222 g/mol. The van der Waals surface area contributed by atoms with E-state index in [2.05, 4.69) is 5.32 Å². The molecular weight excluding hydrogens is 208 g/mol. The fourth-order valence-electron chi connectivity index (χ4n) is 1.77. The van der Waals surface area contributed by atoms with E-state index in [1.54, 1.807) is 4.90 Å². The molecule has 2 N–H and O–H groups in total. The van der Waals surface area contributed by atoms with E-state index in [0.717, 1.165) is 5.69 Å². The van der Waals surface area contributed by atoms with Gasteiger partial charge >= 0.3 is 0 Å². The summed E-state index contributed by atoms with van der Waals surface area (Å²) in [6.45, 7) is 2.01. The Bertz CT molecular complexity index is 355. The molecule has 0 unspecified atom stereocenters. The Morgan fingerprint density at radius 3 is 2.67 bits per heavy atom. The molecule has 1 heterocycles. The topological polar surface area (TPSA) is 35.5 Å². The van der Waals surface area contributed by atoms with Crippen LogP contribution < -0.4 is 10.2 Å². The molecule has 4 heteroatoms. The molecule has 0 amide bonds. The Labute approximate surface area is 94.7 Å². The van der Waals surface area contributed by atoms with Crippen LogP contribution in [0.4, 0.5) is 5.69 Å². The van der Waals surface area contributed by atoms with Gasteiger partial charge in [-0.1, -0.05) is 18.2 Å². The van der Waals surface area contributed by atoms with Gasteiger partial charge in [0, 0.05) is 18.2 Å². The van der Waals surface area contributed by atoms with Gasteiger partial charge in [-0.15, -0.1) is 0 Å². The minimum Gasteiger partial charge on any atom is -0.373 e. The molecule has 0 bridgehead atoms. The van der Waals surface area contributed by atoms with E-state index in [1.807, 2.05) is 37.3 Å². The van der Waals surface area contributed by atoms with Crippen molar-refractivity contribution in [2.75, 3.05) is 4.90 Å². The number of benzene rings is 1. The largest absolute Gasteiger partial charge is 0.373 e. The first kappa shape index (κ1) is 10.4. The Morgan fingerprint density at radius 2 is 2.07 bits per heavy atom. The maximum Gasteiger partial charge on any atom is 0.175 e. The van der Waals surface area contributed by atoms with Gasteiger partial charge in [0.15, 0.2) is 5.11 Å². The van der Waals surface area contributed by atoms with E-state index in [4.69, 9.17) is 12.2 Å². The number of anilines is 1. The van der Waals surface area contributed by atoms with Crippen LogP contribution in [-0.4, -0.2) is 22.5 Å². The van der Waals surface area contributed by atoms with Crippen LogP contribution in [0.2, 0.25) is 0 Å². The van der Waals surface area contributed by atoms with Crippen LogP contribution in [0.3, 0.4) is 0 Å². The molecule has 0 aromatic heterocycles. The highest BCUT2D eigenvalue weighted by molar-refractivity contribution is 7.80. The lowest BCUT2D eigenvalue weighted by Gasteiger charge is -2.38. The second-order valence-electron chi connectivity index (χ2n) is 3.77. The fraction of sp³-hybridized carbons (Fsp3) is 0.364. The van der Waals surface area contributed by atoms with Crippen LogP contribution in [-0.2, 0) is 0 Å². The highest BCUT2D eigenvalue weighted by atomic mass is 32.1. The lowest BCUT2D eigenvalue weighted by atomic mass is 10.1. The predicted molar refractivity (Wildman–Crippen MR) is 64.7 cm³/mol. The summed E-state index contributed by atoms with van der Waals surface area (Å²) in [4.78, 5) is 1.75. The molecule has 2 rings (SSSR count). The van der Waals surface area contributed by atoms with Crippen molar-refractivity contribution in [3.05, 3.63) is 30.3 Å². The summed E-state index contributed by atoms with van der Waals surface area (Å²) in [7, 11) is 0. The molecule has 0 radical (unpaired) electrons. The highest BCUT2D eigenvalue weighted by Gasteiger charge is 2.28. The summed E-state index contributed by atoms with van der Waals surface area (Å²) in [6.07, 6.45) is 0.144. The van der Waals surface area contributed by atoms with Gasteiger partial charge in [0.1, 0.15) is 6.23 Å². The maximum absolute atomic E-state index is 9.96. The minimum absolute atomic E-state index is 0.229. The number of aliphatic hydroxyl groups excluding tert-OH is 1. The molecule has 1 aromatic carbocycles. The molecule has 1 aliphatic rings. The molecule has 3 nitrogen and oxygen atoms in total. The summed E-state index contributed by atoms with van der Waals surface area (Å²) in [5, 5.41) is 13.7. The average molecular weight is 222 g/mol. The van der Waals surface area contributed by atoms with Crippen molar-refractivity contribution in [2.24, 2.45) is 0 Å². The lowest BCUT2D eigenvalue weighted by molar-refractivity contribution is 0.154. The van der Waals surface area contributed by atoms with Gasteiger partial charge in [0.05, 0.1) is 0 Å². The summed E-state index contributed by atoms with van der Waals surface area (Å²) in [6, 6.07) is 9.91. The maximum atomic E-state index is 9.96. The molecule has 1 fully saturated rings. The van der Waals surface area contributed by atoms with Crippen molar-refractivity contribution in [1.82, 2.24) is 5.32 Å². The van der Waals surface area contributed by atoms with Crippen LogP contribution >= 0.6 is 12.2 Å². The normalized spacial score (nSPS) is 26.3. The quantitative estimate of drug-likeness (QED) is 0.706. The van der Waals surface area contributed by atoms with Gasteiger partial charge in [0.2, 0.25) is 0 Å². The Kier molecular flexibility index (Phi) is 2.88. The third-order valence-corrected chi connectivity index (χ3v) is 2.80. The molecular formula is C11H14N2OS. The number of hydrogen-bond donors (Lipinski definition) is 2. The molecule has 1 aliphatic heterocycles. The average Bonchev–Trinajstić information content (AvgIpc) is 2.17. The summed E-state index contributed by atoms with van der Waals surface area (Å²) < 4.78 is 0. The summed E-state index contributed by atoms with van der Waals surface area (Å²) in [5.74, 6) is 0. The van der Waals surface area contributed by atoms with Crippen molar-refractivity contribution in [2.45, 2.75) is 25.6 Å². The Hall–Kier alpha value is -1.13. The number of para-hydroxylation sites is 1. The first-order valence-electron chi connectivity index (χ1n) is 5.01. The van der Waals surface area contributed by atoms with E-state index >= 15 is 0 Å².